The lowest BCUT2D eigenvalue weighted by Crippen LogP contribution is -2.61. The summed E-state index contributed by atoms with van der Waals surface area (Å²) in [5, 5.41) is 6.19. The Bertz CT molecular complexity index is 236. The van der Waals surface area contributed by atoms with Gasteiger partial charge in [0.05, 0.1) is 6.61 Å². The van der Waals surface area contributed by atoms with Crippen molar-refractivity contribution >= 4 is 5.91 Å². The first-order chi connectivity index (χ1) is 8.24. The van der Waals surface area contributed by atoms with E-state index in [1.165, 1.54) is 0 Å². The predicted molar refractivity (Wildman–Crippen MR) is 68.0 cm³/mol. The average molecular weight is 243 g/mol. The Balaban J connectivity index is 2.66. The van der Waals surface area contributed by atoms with E-state index < -0.39 is 0 Å². The summed E-state index contributed by atoms with van der Waals surface area (Å²) in [5.74, 6) is 0.120. The van der Waals surface area contributed by atoms with Gasteiger partial charge in [0, 0.05) is 39.3 Å². The number of hydrogen-bond acceptors (Lipinski definition) is 4. The van der Waals surface area contributed by atoms with Crippen LogP contribution in [0.5, 0.6) is 0 Å². The maximum atomic E-state index is 12.0. The lowest BCUT2D eigenvalue weighted by atomic mass is 10.1. The van der Waals surface area contributed by atoms with Crippen molar-refractivity contribution in [3.05, 3.63) is 0 Å². The van der Waals surface area contributed by atoms with Gasteiger partial charge in [-0.25, -0.2) is 0 Å². The summed E-state index contributed by atoms with van der Waals surface area (Å²) in [6.07, 6.45) is 1.00. The minimum absolute atomic E-state index is 0.0659. The zero-order valence-corrected chi connectivity index (χ0v) is 11.2. The minimum atomic E-state index is -0.0659. The van der Waals surface area contributed by atoms with Crippen LogP contribution in [0.4, 0.5) is 0 Å². The molecule has 0 saturated carbocycles. The first kappa shape index (κ1) is 14.4. The molecule has 2 N–H and O–H groups in total. The molecule has 2 unspecified atom stereocenters. The van der Waals surface area contributed by atoms with E-state index in [0.29, 0.717) is 19.2 Å². The van der Waals surface area contributed by atoms with Crippen LogP contribution in [0, 0.1) is 0 Å². The molecule has 0 radical (unpaired) electrons. The second-order valence-corrected chi connectivity index (χ2v) is 4.37. The number of amides is 1. The van der Waals surface area contributed by atoms with Gasteiger partial charge in [-0.1, -0.05) is 6.92 Å². The van der Waals surface area contributed by atoms with Gasteiger partial charge in [0.25, 0.3) is 0 Å². The lowest BCUT2D eigenvalue weighted by molar-refractivity contribution is -0.128. The molecule has 1 saturated heterocycles. The Labute approximate surface area is 104 Å². The lowest BCUT2D eigenvalue weighted by Gasteiger charge is -2.40. The third-order valence-corrected chi connectivity index (χ3v) is 3.24. The van der Waals surface area contributed by atoms with Gasteiger partial charge in [-0.05, 0) is 13.3 Å². The Morgan fingerprint density at radius 3 is 2.94 bits per heavy atom. The van der Waals surface area contributed by atoms with Crippen molar-refractivity contribution in [1.82, 2.24) is 15.5 Å². The van der Waals surface area contributed by atoms with Crippen LogP contribution >= 0.6 is 0 Å². The molecule has 1 heterocycles. The highest BCUT2D eigenvalue weighted by molar-refractivity contribution is 5.82. The minimum Gasteiger partial charge on any atom is -0.383 e. The number of ether oxygens (including phenoxy) is 1. The van der Waals surface area contributed by atoms with Crippen LogP contribution in [0.25, 0.3) is 0 Å². The van der Waals surface area contributed by atoms with Gasteiger partial charge in [0.2, 0.25) is 5.91 Å². The maximum Gasteiger partial charge on any atom is 0.238 e. The highest BCUT2D eigenvalue weighted by Gasteiger charge is 2.32. The molecule has 1 aliphatic heterocycles. The van der Waals surface area contributed by atoms with Gasteiger partial charge in [0.15, 0.2) is 0 Å². The third kappa shape index (κ3) is 3.94. The normalized spacial score (nSPS) is 23.4. The number of hydrogen-bond donors (Lipinski definition) is 2. The van der Waals surface area contributed by atoms with Gasteiger partial charge >= 0.3 is 0 Å². The summed E-state index contributed by atoms with van der Waals surface area (Å²) >= 11 is 0. The molecule has 0 aliphatic carbocycles. The SMILES string of the molecule is CCNC(=O)C1CNCCN1C(CC)COC. The van der Waals surface area contributed by atoms with E-state index in [1.54, 1.807) is 7.11 Å². The molecule has 0 aromatic rings. The van der Waals surface area contributed by atoms with Crippen molar-refractivity contribution < 1.29 is 9.53 Å². The van der Waals surface area contributed by atoms with E-state index in [9.17, 15) is 4.79 Å². The molecule has 17 heavy (non-hydrogen) atoms. The van der Waals surface area contributed by atoms with Crippen molar-refractivity contribution in [2.24, 2.45) is 0 Å². The van der Waals surface area contributed by atoms with Crippen LogP contribution in [0.2, 0.25) is 0 Å². The zero-order valence-electron chi connectivity index (χ0n) is 11.2. The van der Waals surface area contributed by atoms with Crippen molar-refractivity contribution in [3.63, 3.8) is 0 Å². The fourth-order valence-corrected chi connectivity index (χ4v) is 2.33. The summed E-state index contributed by atoms with van der Waals surface area (Å²) in [5.41, 5.74) is 0. The number of carbonyl (C=O) groups is 1. The standard InChI is InChI=1S/C12H25N3O2/c1-4-10(9-17-3)15-7-6-13-8-11(15)12(16)14-5-2/h10-11,13H,4-9H2,1-3H3,(H,14,16). The summed E-state index contributed by atoms with van der Waals surface area (Å²) in [7, 11) is 1.71. The molecule has 5 nitrogen and oxygen atoms in total. The van der Waals surface area contributed by atoms with Gasteiger partial charge in [-0.3, -0.25) is 9.69 Å². The van der Waals surface area contributed by atoms with Gasteiger partial charge < -0.3 is 15.4 Å². The van der Waals surface area contributed by atoms with Crippen LogP contribution in [0.3, 0.4) is 0 Å². The number of piperazine rings is 1. The molecule has 1 aliphatic rings. The quantitative estimate of drug-likeness (QED) is 0.679. The Kier molecular flexibility index (Phi) is 6.47. The Hall–Kier alpha value is -0.650. The van der Waals surface area contributed by atoms with Gasteiger partial charge in [0.1, 0.15) is 6.04 Å². The smallest absolute Gasteiger partial charge is 0.238 e. The zero-order chi connectivity index (χ0) is 12.7. The fourth-order valence-electron chi connectivity index (χ4n) is 2.33. The fraction of sp³-hybridized carbons (Fsp3) is 0.917. The van der Waals surface area contributed by atoms with Crippen LogP contribution < -0.4 is 10.6 Å². The molecule has 0 spiro atoms. The Morgan fingerprint density at radius 2 is 2.35 bits per heavy atom. The predicted octanol–water partition coefficient (Wildman–Crippen LogP) is -0.179. The van der Waals surface area contributed by atoms with Gasteiger partial charge in [-0.15, -0.1) is 0 Å². The summed E-state index contributed by atoms with van der Waals surface area (Å²) in [6, 6.07) is 0.263. The van der Waals surface area contributed by atoms with E-state index in [2.05, 4.69) is 22.5 Å². The third-order valence-electron chi connectivity index (χ3n) is 3.24. The topological polar surface area (TPSA) is 53.6 Å². The number of carbonyl (C=O) groups excluding carboxylic acids is 1. The summed E-state index contributed by atoms with van der Waals surface area (Å²) < 4.78 is 5.24. The van der Waals surface area contributed by atoms with Crippen molar-refractivity contribution in [3.8, 4) is 0 Å². The molecule has 1 fully saturated rings. The van der Waals surface area contributed by atoms with Crippen LogP contribution in [-0.2, 0) is 9.53 Å². The van der Waals surface area contributed by atoms with Crippen LogP contribution in [0.1, 0.15) is 20.3 Å². The average Bonchev–Trinajstić information content (AvgIpc) is 2.36. The number of methoxy groups -OCH3 is 1. The molecular formula is C12H25N3O2. The van der Waals surface area contributed by atoms with Crippen LogP contribution in [0.15, 0.2) is 0 Å². The number of nitrogens with one attached hydrogen (secondary N) is 2. The first-order valence-electron chi connectivity index (χ1n) is 6.47. The monoisotopic (exact) mass is 243 g/mol. The van der Waals surface area contributed by atoms with Crippen LogP contribution in [-0.4, -0.2) is 62.8 Å². The molecule has 1 amide bonds. The highest BCUT2D eigenvalue weighted by atomic mass is 16.5. The molecule has 0 bridgehead atoms. The van der Waals surface area contributed by atoms with E-state index >= 15 is 0 Å². The first-order valence-corrected chi connectivity index (χ1v) is 6.47. The van der Waals surface area contributed by atoms with E-state index in [0.717, 1.165) is 26.1 Å². The molecule has 1 rings (SSSR count). The maximum absolute atomic E-state index is 12.0. The van der Waals surface area contributed by atoms with E-state index in [-0.39, 0.29) is 11.9 Å². The Morgan fingerprint density at radius 1 is 1.59 bits per heavy atom. The summed E-state index contributed by atoms with van der Waals surface area (Å²) in [4.78, 5) is 14.3. The second kappa shape index (κ2) is 7.63. The molecular weight excluding hydrogens is 218 g/mol. The highest BCUT2D eigenvalue weighted by Crippen LogP contribution is 2.12. The van der Waals surface area contributed by atoms with Crippen molar-refractivity contribution in [1.29, 1.82) is 0 Å². The van der Waals surface area contributed by atoms with E-state index in [1.807, 2.05) is 6.92 Å². The second-order valence-electron chi connectivity index (χ2n) is 4.37. The molecule has 0 aromatic carbocycles. The number of likely N-dealkylation sites (N-methyl/N-ethyl adjacent to an activating group) is 1. The van der Waals surface area contributed by atoms with Gasteiger partial charge in [-0.2, -0.15) is 0 Å². The molecule has 5 heteroatoms. The molecule has 0 aromatic heterocycles. The number of nitrogens with zero attached hydrogens (tertiary/aromatic N) is 1. The molecule has 2 atom stereocenters. The summed E-state index contributed by atoms with van der Waals surface area (Å²) in [6.45, 7) is 8.04. The molecule has 100 valence electrons. The van der Waals surface area contributed by atoms with Crippen molar-refractivity contribution in [2.45, 2.75) is 32.4 Å². The van der Waals surface area contributed by atoms with E-state index in [4.69, 9.17) is 4.74 Å². The van der Waals surface area contributed by atoms with Crippen molar-refractivity contribution in [2.75, 3.05) is 39.9 Å². The number of rotatable bonds is 6. The largest absolute Gasteiger partial charge is 0.383 e.